The third-order valence-electron chi connectivity index (χ3n) is 9.97. The van der Waals surface area contributed by atoms with E-state index in [1.165, 1.54) is 6.92 Å². The van der Waals surface area contributed by atoms with E-state index < -0.39 is 79.9 Å². The summed E-state index contributed by atoms with van der Waals surface area (Å²) in [4.78, 5) is 66.4. The third kappa shape index (κ3) is 12.9. The van der Waals surface area contributed by atoms with Gasteiger partial charge in [-0.1, -0.05) is 14.4 Å². The Labute approximate surface area is 372 Å². The summed E-state index contributed by atoms with van der Waals surface area (Å²) in [5.41, 5.74) is 14.9. The number of carbonyl (C=O) groups is 4. The molecular formula is C41H50F6N10O7S. The maximum atomic E-state index is 14.2. The number of nitrogen functional groups attached to an aromatic ring is 2. The van der Waals surface area contributed by atoms with Crippen LogP contribution in [0.15, 0.2) is 29.7 Å². The van der Waals surface area contributed by atoms with Crippen molar-refractivity contribution in [1.82, 2.24) is 29.7 Å². The number of nitrogens with one attached hydrogen (secondary N) is 1. The van der Waals surface area contributed by atoms with Crippen LogP contribution in [0, 0.1) is 34.9 Å². The van der Waals surface area contributed by atoms with Crippen molar-refractivity contribution in [2.24, 2.45) is 5.73 Å². The number of carbonyl (C=O) groups excluding carboxylic acids is 4. The zero-order valence-electron chi connectivity index (χ0n) is 35.3. The number of ketones is 2. The van der Waals surface area contributed by atoms with Crippen molar-refractivity contribution in [3.8, 4) is 11.5 Å². The van der Waals surface area contributed by atoms with Gasteiger partial charge in [-0.2, -0.15) is 4.98 Å². The van der Waals surface area contributed by atoms with Crippen LogP contribution >= 0.6 is 0 Å². The number of hydrogen-bond donors (Lipinski definition) is 4. The number of piperidine rings is 2. The quantitative estimate of drug-likeness (QED) is 0.0736. The van der Waals surface area contributed by atoms with Gasteiger partial charge in [-0.25, -0.2) is 41.3 Å². The molecule has 0 saturated carbocycles. The normalized spacial score (nSPS) is 14.4. The fourth-order valence-electron chi connectivity index (χ4n) is 6.33. The second-order valence-corrected chi connectivity index (χ2v) is 15.8. The first kappa shape index (κ1) is 52.9. The number of halogens is 6. The molecule has 2 aliphatic rings. The molecule has 1 atom stereocenters. The van der Waals surface area contributed by atoms with Crippen molar-refractivity contribution >= 4 is 51.8 Å². The lowest BCUT2D eigenvalue weighted by atomic mass is 10.0. The first-order chi connectivity index (χ1) is 30.2. The number of rotatable bonds is 10. The van der Waals surface area contributed by atoms with Crippen molar-refractivity contribution in [2.75, 3.05) is 62.9 Å². The van der Waals surface area contributed by atoms with Crippen LogP contribution < -0.4 is 32.0 Å². The van der Waals surface area contributed by atoms with E-state index in [1.54, 1.807) is 18.7 Å². The van der Waals surface area contributed by atoms with Crippen LogP contribution in [-0.2, 0) is 20.4 Å². The monoisotopic (exact) mass is 940 g/mol. The molecule has 0 aliphatic carbocycles. The minimum atomic E-state index is -1.82. The highest BCUT2D eigenvalue weighted by Crippen LogP contribution is 2.31. The number of ether oxygens (including phenoxy) is 2. The molecule has 354 valence electrons. The van der Waals surface area contributed by atoms with Crippen molar-refractivity contribution in [3.63, 3.8) is 0 Å². The van der Waals surface area contributed by atoms with Crippen molar-refractivity contribution in [3.05, 3.63) is 81.7 Å². The number of aromatic nitrogens is 4. The van der Waals surface area contributed by atoms with E-state index in [4.69, 9.17) is 26.7 Å². The number of anilines is 3. The summed E-state index contributed by atoms with van der Waals surface area (Å²) in [6.45, 7) is 7.63. The molecule has 0 radical (unpaired) electrons. The van der Waals surface area contributed by atoms with Gasteiger partial charge >= 0.3 is 0 Å². The van der Waals surface area contributed by atoms with Crippen molar-refractivity contribution in [2.45, 2.75) is 71.1 Å². The molecule has 0 spiro atoms. The Morgan fingerprint density at radius 2 is 1.14 bits per heavy atom. The van der Waals surface area contributed by atoms with Gasteiger partial charge in [-0.05, 0) is 25.7 Å². The number of likely N-dealkylation sites (tertiary alicyclic amines) is 2. The SMILES string of the molecule is C.CC(=O)N1CCC(N)CC1.CCS(=O)c1ncc(C(=O)c2c(OC)cc(F)c(F)c2F)c(N)n1.COc1cc(F)c(F)c(F)c1C(=O)c1cnc(NC2CCN(C(C)=O)CC2)nc1N. The van der Waals surface area contributed by atoms with Gasteiger partial charge in [0.15, 0.2) is 34.9 Å². The molecule has 17 nitrogen and oxygen atoms in total. The second-order valence-electron chi connectivity index (χ2n) is 14.1. The standard InChI is InChI=1S/C19H20F3N5O3.C14H12F3N3O3S.C7H14N2O.CH4/c1-9(28)27-5-3-10(4-6-27)25-19-24-8-11(18(23)26-19)17(29)14-13(30-2)7-12(20)15(21)16(14)22;1-3-24(22)14-19-5-6(13(18)20-14)12(21)9-8(23-2)4-7(15)10(16)11(9)17;1-6(10)9-4-2-7(8)3-5-9;/h7-8,10H,3-6H2,1-2H3,(H3,23,24,25,26);4-5H,3H2,1-2H3,(H2,18,19,20);7H,2-5,8H2,1H3;1H4. The Hall–Kier alpha value is -6.43. The minimum absolute atomic E-state index is 0. The van der Waals surface area contributed by atoms with Crippen molar-refractivity contribution < 1.29 is 59.2 Å². The molecule has 0 bridgehead atoms. The molecule has 2 aliphatic heterocycles. The van der Waals surface area contributed by atoms with E-state index in [0.29, 0.717) is 44.1 Å². The molecule has 6 rings (SSSR count). The summed E-state index contributed by atoms with van der Waals surface area (Å²) in [6.07, 6.45) is 5.31. The van der Waals surface area contributed by atoms with Gasteiger partial charge in [0.25, 0.3) is 0 Å². The molecule has 2 fully saturated rings. The molecule has 4 aromatic rings. The summed E-state index contributed by atoms with van der Waals surface area (Å²) in [5.74, 6) is -13.2. The van der Waals surface area contributed by atoms with Gasteiger partial charge in [0.1, 0.15) is 34.3 Å². The molecule has 2 amide bonds. The van der Waals surface area contributed by atoms with Gasteiger partial charge in [-0.3, -0.25) is 23.4 Å². The van der Waals surface area contributed by atoms with E-state index >= 15 is 0 Å². The largest absolute Gasteiger partial charge is 0.496 e. The Balaban J connectivity index is 0.000000286. The molecule has 2 aromatic carbocycles. The predicted molar refractivity (Wildman–Crippen MR) is 228 cm³/mol. The summed E-state index contributed by atoms with van der Waals surface area (Å²) in [7, 11) is 0.651. The number of methoxy groups -OCH3 is 2. The molecule has 2 saturated heterocycles. The molecule has 4 heterocycles. The van der Waals surface area contributed by atoms with Gasteiger partial charge in [-0.15, -0.1) is 0 Å². The van der Waals surface area contributed by atoms with Crippen LogP contribution in [0.25, 0.3) is 0 Å². The lowest BCUT2D eigenvalue weighted by Crippen LogP contribution is -2.41. The molecule has 7 N–H and O–H groups in total. The lowest BCUT2D eigenvalue weighted by molar-refractivity contribution is -0.130. The number of benzene rings is 2. The Morgan fingerprint density at radius 1 is 0.723 bits per heavy atom. The topological polar surface area (TPSA) is 252 Å². The molecular weight excluding hydrogens is 891 g/mol. The summed E-state index contributed by atoms with van der Waals surface area (Å²) >= 11 is 0. The molecule has 2 aromatic heterocycles. The van der Waals surface area contributed by atoms with E-state index in [2.05, 4.69) is 25.3 Å². The maximum absolute atomic E-state index is 14.2. The maximum Gasteiger partial charge on any atom is 0.224 e. The van der Waals surface area contributed by atoms with Crippen LogP contribution in [0.4, 0.5) is 43.9 Å². The smallest absolute Gasteiger partial charge is 0.224 e. The highest BCUT2D eigenvalue weighted by atomic mass is 32.2. The first-order valence-electron chi connectivity index (χ1n) is 19.4. The van der Waals surface area contributed by atoms with Crippen LogP contribution in [0.2, 0.25) is 0 Å². The van der Waals surface area contributed by atoms with E-state index in [9.17, 15) is 49.7 Å². The zero-order valence-corrected chi connectivity index (χ0v) is 36.1. The van der Waals surface area contributed by atoms with E-state index in [0.717, 1.165) is 52.5 Å². The average molecular weight is 941 g/mol. The summed E-state index contributed by atoms with van der Waals surface area (Å²) in [5, 5.41) is 2.98. The van der Waals surface area contributed by atoms with Gasteiger partial charge in [0, 0.05) is 82.4 Å². The van der Waals surface area contributed by atoms with Gasteiger partial charge in [0.2, 0.25) is 34.5 Å². The van der Waals surface area contributed by atoms with Crippen LogP contribution in [0.1, 0.15) is 85.7 Å². The van der Waals surface area contributed by atoms with Crippen LogP contribution in [0.5, 0.6) is 11.5 Å². The third-order valence-corrected chi connectivity index (χ3v) is 11.1. The first-order valence-corrected chi connectivity index (χ1v) is 20.7. The number of nitrogens with zero attached hydrogens (tertiary/aromatic N) is 6. The van der Waals surface area contributed by atoms with Crippen LogP contribution in [-0.4, -0.2) is 116 Å². The highest BCUT2D eigenvalue weighted by molar-refractivity contribution is 7.84. The summed E-state index contributed by atoms with van der Waals surface area (Å²) < 4.78 is 103. The zero-order chi connectivity index (χ0) is 47.6. The van der Waals surface area contributed by atoms with Crippen molar-refractivity contribution in [1.29, 1.82) is 0 Å². The van der Waals surface area contributed by atoms with Gasteiger partial charge in [0.05, 0.1) is 36.1 Å². The summed E-state index contributed by atoms with van der Waals surface area (Å²) in [6, 6.07) is 1.44. The number of amides is 2. The minimum Gasteiger partial charge on any atom is -0.496 e. The van der Waals surface area contributed by atoms with E-state index in [-0.39, 0.29) is 64.9 Å². The van der Waals surface area contributed by atoms with Gasteiger partial charge < -0.3 is 41.8 Å². The predicted octanol–water partition coefficient (Wildman–Crippen LogP) is 4.57. The number of hydrogen-bond acceptors (Lipinski definition) is 15. The lowest BCUT2D eigenvalue weighted by Gasteiger charge is -2.31. The molecule has 1 unspecified atom stereocenters. The average Bonchev–Trinajstić information content (AvgIpc) is 3.27. The Bertz CT molecular complexity index is 2420. The molecule has 24 heteroatoms. The number of nitrogens with two attached hydrogens (primary N) is 3. The second kappa shape index (κ2) is 23.5. The Morgan fingerprint density at radius 3 is 1.52 bits per heavy atom. The molecule has 65 heavy (non-hydrogen) atoms. The van der Waals surface area contributed by atoms with E-state index in [1.807, 2.05) is 4.90 Å². The highest BCUT2D eigenvalue weighted by Gasteiger charge is 2.30. The fraction of sp³-hybridized carbons (Fsp3) is 0.415. The fourth-order valence-corrected chi connectivity index (χ4v) is 6.96. The Kier molecular flexibility index (Phi) is 19.1. The van der Waals surface area contributed by atoms with Crippen LogP contribution in [0.3, 0.4) is 0 Å².